The van der Waals surface area contributed by atoms with E-state index in [1.165, 1.54) is 30.2 Å². The highest BCUT2D eigenvalue weighted by Gasteiger charge is 2.33. The maximum atomic E-state index is 12.5. The van der Waals surface area contributed by atoms with Gasteiger partial charge in [0.15, 0.2) is 0 Å². The van der Waals surface area contributed by atoms with E-state index in [4.69, 9.17) is 0 Å². The fraction of sp³-hybridized carbons (Fsp3) is 0.368. The smallest absolute Gasteiger partial charge is 0.253 e. The Morgan fingerprint density at radius 1 is 1.27 bits per heavy atom. The fourth-order valence-corrected chi connectivity index (χ4v) is 3.75. The zero-order valence-corrected chi connectivity index (χ0v) is 15.7. The summed E-state index contributed by atoms with van der Waals surface area (Å²) in [4.78, 5) is 21.3. The molecule has 4 rings (SSSR count). The van der Waals surface area contributed by atoms with Crippen LogP contribution in [0.3, 0.4) is 0 Å². The molecule has 0 spiro atoms. The molecule has 1 aliphatic carbocycles. The molecule has 2 aromatic heterocycles. The number of carbonyl (C=O) groups is 1. The van der Waals surface area contributed by atoms with Crippen molar-refractivity contribution >= 4 is 23.4 Å². The van der Waals surface area contributed by atoms with E-state index in [-0.39, 0.29) is 11.9 Å². The van der Waals surface area contributed by atoms with Crippen LogP contribution in [0.4, 0.5) is 0 Å². The van der Waals surface area contributed by atoms with E-state index < -0.39 is 0 Å². The number of aryl methyl sites for hydroxylation is 2. The minimum atomic E-state index is 0.00970. The molecule has 0 radical (unpaired) electrons. The van der Waals surface area contributed by atoms with Crippen LogP contribution in [0.25, 0.3) is 5.78 Å². The van der Waals surface area contributed by atoms with Crippen LogP contribution in [0.1, 0.15) is 35.8 Å². The molecule has 6 nitrogen and oxygen atoms in total. The van der Waals surface area contributed by atoms with Gasteiger partial charge in [-0.1, -0.05) is 42.1 Å². The van der Waals surface area contributed by atoms with Crippen molar-refractivity contribution in [2.75, 3.05) is 5.75 Å². The molecule has 1 fully saturated rings. The van der Waals surface area contributed by atoms with Crippen LogP contribution >= 0.6 is 11.8 Å². The van der Waals surface area contributed by atoms with Crippen molar-refractivity contribution in [3.8, 4) is 0 Å². The molecule has 0 saturated heterocycles. The quantitative estimate of drug-likeness (QED) is 0.678. The van der Waals surface area contributed by atoms with Crippen LogP contribution in [0.5, 0.6) is 0 Å². The number of benzene rings is 1. The van der Waals surface area contributed by atoms with Crippen molar-refractivity contribution in [1.29, 1.82) is 0 Å². The van der Waals surface area contributed by atoms with Crippen molar-refractivity contribution in [2.24, 2.45) is 5.92 Å². The average molecular weight is 367 g/mol. The first-order chi connectivity index (χ1) is 12.6. The molecule has 0 aliphatic heterocycles. The third-order valence-corrected chi connectivity index (χ3v) is 5.34. The summed E-state index contributed by atoms with van der Waals surface area (Å²) >= 11 is 1.34. The van der Waals surface area contributed by atoms with Gasteiger partial charge in [-0.25, -0.2) is 9.50 Å². The second-order valence-electron chi connectivity index (χ2n) is 6.73. The van der Waals surface area contributed by atoms with Gasteiger partial charge in [0.05, 0.1) is 11.8 Å². The zero-order chi connectivity index (χ0) is 18.1. The lowest BCUT2D eigenvalue weighted by Gasteiger charge is -2.18. The number of fused-ring (bicyclic) bond motifs is 1. The van der Waals surface area contributed by atoms with Crippen molar-refractivity contribution < 1.29 is 4.79 Å². The summed E-state index contributed by atoms with van der Waals surface area (Å²) in [5.74, 6) is 1.43. The summed E-state index contributed by atoms with van der Waals surface area (Å²) in [6, 6.07) is 12.3. The molecule has 1 N–H and O–H groups in total. The maximum absolute atomic E-state index is 12.5. The van der Waals surface area contributed by atoms with Crippen LogP contribution in [-0.4, -0.2) is 31.2 Å². The highest BCUT2D eigenvalue weighted by atomic mass is 32.2. The molecule has 2 heterocycles. The monoisotopic (exact) mass is 367 g/mol. The molecule has 1 unspecified atom stereocenters. The Kier molecular flexibility index (Phi) is 4.63. The molecule has 3 aromatic rings. The lowest BCUT2D eigenvalue weighted by Crippen LogP contribution is -2.31. The molecule has 0 bridgehead atoms. The molecular weight excluding hydrogens is 346 g/mol. The molecule has 26 heavy (non-hydrogen) atoms. The van der Waals surface area contributed by atoms with Crippen LogP contribution in [0.2, 0.25) is 0 Å². The number of hydrogen-bond donors (Lipinski definition) is 1. The van der Waals surface area contributed by atoms with Gasteiger partial charge in [0.25, 0.3) is 5.78 Å². The first-order valence-electron chi connectivity index (χ1n) is 8.78. The molecule has 1 aromatic carbocycles. The Bertz CT molecular complexity index is 936. The SMILES string of the molecule is Cc1cc(C)n2nc(SCC(=O)NC(c3ccccc3)C3CC3)nc2n1. The van der Waals surface area contributed by atoms with Crippen molar-refractivity contribution in [3.05, 3.63) is 53.3 Å². The number of hydrogen-bond acceptors (Lipinski definition) is 5. The van der Waals surface area contributed by atoms with Crippen LogP contribution in [0, 0.1) is 19.8 Å². The van der Waals surface area contributed by atoms with Gasteiger partial charge in [-0.05, 0) is 44.2 Å². The summed E-state index contributed by atoms with van der Waals surface area (Å²) in [5.41, 5.74) is 3.07. The van der Waals surface area contributed by atoms with Gasteiger partial charge in [-0.15, -0.1) is 5.10 Å². The summed E-state index contributed by atoms with van der Waals surface area (Å²) in [6.45, 7) is 3.90. The lowest BCUT2D eigenvalue weighted by molar-refractivity contribution is -0.119. The van der Waals surface area contributed by atoms with E-state index in [1.54, 1.807) is 4.52 Å². The van der Waals surface area contributed by atoms with Crippen LogP contribution in [-0.2, 0) is 4.79 Å². The largest absolute Gasteiger partial charge is 0.348 e. The van der Waals surface area contributed by atoms with Crippen molar-refractivity contribution in [3.63, 3.8) is 0 Å². The summed E-state index contributed by atoms with van der Waals surface area (Å²) in [5, 5.41) is 8.19. The van der Waals surface area contributed by atoms with Gasteiger partial charge >= 0.3 is 0 Å². The third-order valence-electron chi connectivity index (χ3n) is 4.50. The number of carbonyl (C=O) groups excluding carboxylic acids is 1. The number of nitrogens with zero attached hydrogens (tertiary/aromatic N) is 4. The average Bonchev–Trinajstić information content (AvgIpc) is 3.38. The minimum absolute atomic E-state index is 0.00970. The van der Waals surface area contributed by atoms with Crippen molar-refractivity contribution in [1.82, 2.24) is 24.9 Å². The predicted molar refractivity (Wildman–Crippen MR) is 101 cm³/mol. The number of amides is 1. The Labute approximate surface area is 156 Å². The van der Waals surface area contributed by atoms with Crippen LogP contribution in [0.15, 0.2) is 41.6 Å². The molecule has 1 atom stereocenters. The summed E-state index contributed by atoms with van der Waals surface area (Å²) in [7, 11) is 0. The molecular formula is C19H21N5OS. The van der Waals surface area contributed by atoms with E-state index in [1.807, 2.05) is 38.1 Å². The number of thioether (sulfide) groups is 1. The topological polar surface area (TPSA) is 72.2 Å². The normalized spacial score (nSPS) is 15.2. The third kappa shape index (κ3) is 3.72. The lowest BCUT2D eigenvalue weighted by atomic mass is 10.0. The Balaban J connectivity index is 1.41. The van der Waals surface area contributed by atoms with Gasteiger partial charge in [0, 0.05) is 11.4 Å². The number of aromatic nitrogens is 4. The highest BCUT2D eigenvalue weighted by Crippen LogP contribution is 2.40. The number of nitrogens with one attached hydrogen (secondary N) is 1. The fourth-order valence-electron chi connectivity index (χ4n) is 3.12. The van der Waals surface area contributed by atoms with Gasteiger partial charge in [0.2, 0.25) is 11.1 Å². The van der Waals surface area contributed by atoms with Crippen LogP contribution < -0.4 is 5.32 Å². The molecule has 134 valence electrons. The first-order valence-corrected chi connectivity index (χ1v) is 9.77. The number of rotatable bonds is 6. The summed E-state index contributed by atoms with van der Waals surface area (Å²) < 4.78 is 1.71. The van der Waals surface area contributed by atoms with Gasteiger partial charge < -0.3 is 5.32 Å². The van der Waals surface area contributed by atoms with E-state index >= 15 is 0 Å². The second-order valence-corrected chi connectivity index (χ2v) is 7.67. The molecule has 1 saturated carbocycles. The van der Waals surface area contributed by atoms with Gasteiger partial charge in [-0.3, -0.25) is 4.79 Å². The maximum Gasteiger partial charge on any atom is 0.253 e. The molecule has 1 aliphatic rings. The van der Waals surface area contributed by atoms with E-state index in [9.17, 15) is 4.79 Å². The van der Waals surface area contributed by atoms with Gasteiger partial charge in [0.1, 0.15) is 0 Å². The Hall–Kier alpha value is -2.41. The van der Waals surface area contributed by atoms with E-state index in [2.05, 4.69) is 32.5 Å². The predicted octanol–water partition coefficient (Wildman–Crippen LogP) is 3.10. The van der Waals surface area contributed by atoms with E-state index in [0.717, 1.165) is 11.4 Å². The van der Waals surface area contributed by atoms with E-state index in [0.29, 0.717) is 22.6 Å². The minimum Gasteiger partial charge on any atom is -0.348 e. The highest BCUT2D eigenvalue weighted by molar-refractivity contribution is 7.99. The first kappa shape index (κ1) is 17.0. The Morgan fingerprint density at radius 2 is 2.04 bits per heavy atom. The standard InChI is InChI=1S/C19H21N5OS/c1-12-10-13(2)24-18(20-12)22-19(23-24)26-11-16(25)21-17(15-8-9-15)14-6-4-3-5-7-14/h3-7,10,15,17H,8-9,11H2,1-2H3,(H,21,25). The zero-order valence-electron chi connectivity index (χ0n) is 14.8. The molecule has 7 heteroatoms. The molecule has 1 amide bonds. The Morgan fingerprint density at radius 3 is 2.77 bits per heavy atom. The van der Waals surface area contributed by atoms with Gasteiger partial charge in [-0.2, -0.15) is 4.98 Å². The summed E-state index contributed by atoms with van der Waals surface area (Å²) in [6.07, 6.45) is 2.34. The second kappa shape index (κ2) is 7.07. The van der Waals surface area contributed by atoms with Crippen molar-refractivity contribution in [2.45, 2.75) is 37.9 Å².